The molecule has 0 saturated heterocycles. The van der Waals surface area contributed by atoms with Gasteiger partial charge in [0.15, 0.2) is 5.69 Å². The number of alkyl halides is 6. The Morgan fingerprint density at radius 2 is 1.70 bits per heavy atom. The van der Waals surface area contributed by atoms with Crippen molar-refractivity contribution in [2.45, 2.75) is 17.2 Å². The van der Waals surface area contributed by atoms with Gasteiger partial charge in [0, 0.05) is 13.2 Å². The highest BCUT2D eigenvalue weighted by Crippen LogP contribution is 2.35. The number of nitrogens with zero attached hydrogens (tertiary/aromatic N) is 2. The van der Waals surface area contributed by atoms with E-state index in [-0.39, 0.29) is 12.1 Å². The molecule has 0 unspecified atom stereocenters. The molecule has 0 bridgehead atoms. The maximum atomic E-state index is 13.1. The average molecular weight is 419 g/mol. The zero-order valence-electron chi connectivity index (χ0n) is 13.0. The SMILES string of the molecule is Cn1cc(C(=O)NS(=O)(=O)c2ccc(F)cc2C(F)(F)F)c(C(F)(F)F)n1. The van der Waals surface area contributed by atoms with Gasteiger partial charge in [-0.1, -0.05) is 0 Å². The Labute approximate surface area is 146 Å². The molecule has 0 aliphatic carbocycles. The van der Waals surface area contributed by atoms with Crippen LogP contribution in [0.4, 0.5) is 30.7 Å². The molecule has 1 N–H and O–H groups in total. The zero-order chi connectivity index (χ0) is 20.8. The van der Waals surface area contributed by atoms with E-state index >= 15 is 0 Å². The summed E-state index contributed by atoms with van der Waals surface area (Å²) in [5.41, 5.74) is -4.87. The van der Waals surface area contributed by atoms with Crippen molar-refractivity contribution in [2.24, 2.45) is 7.05 Å². The number of hydrogen-bond acceptors (Lipinski definition) is 4. The molecule has 14 heteroatoms. The smallest absolute Gasteiger partial charge is 0.274 e. The van der Waals surface area contributed by atoms with E-state index in [9.17, 15) is 43.9 Å². The van der Waals surface area contributed by atoms with Gasteiger partial charge in [0.2, 0.25) is 0 Å². The minimum absolute atomic E-state index is 0.121. The van der Waals surface area contributed by atoms with Gasteiger partial charge in [0.1, 0.15) is 5.82 Å². The first kappa shape index (κ1) is 20.7. The van der Waals surface area contributed by atoms with E-state index in [2.05, 4.69) is 5.10 Å². The van der Waals surface area contributed by atoms with Gasteiger partial charge in [-0.25, -0.2) is 17.5 Å². The highest BCUT2D eigenvalue weighted by atomic mass is 32.2. The number of benzene rings is 1. The molecular weight excluding hydrogens is 411 g/mol. The van der Waals surface area contributed by atoms with Gasteiger partial charge in [-0.3, -0.25) is 9.48 Å². The third kappa shape index (κ3) is 4.37. The van der Waals surface area contributed by atoms with Crippen LogP contribution in [0.25, 0.3) is 0 Å². The second-order valence-corrected chi connectivity index (χ2v) is 6.79. The number of carbonyl (C=O) groups is 1. The Hall–Kier alpha value is -2.64. The molecule has 0 fully saturated rings. The van der Waals surface area contributed by atoms with Crippen LogP contribution in [-0.2, 0) is 29.4 Å². The molecule has 148 valence electrons. The van der Waals surface area contributed by atoms with Crippen LogP contribution in [0.2, 0.25) is 0 Å². The van der Waals surface area contributed by atoms with Crippen LogP contribution < -0.4 is 4.72 Å². The molecule has 1 aromatic heterocycles. The van der Waals surface area contributed by atoms with Crippen molar-refractivity contribution in [3.63, 3.8) is 0 Å². The Kier molecular flexibility index (Phi) is 4.98. The number of aromatic nitrogens is 2. The molecule has 0 radical (unpaired) electrons. The molecule has 6 nitrogen and oxygen atoms in total. The van der Waals surface area contributed by atoms with Crippen LogP contribution in [0.3, 0.4) is 0 Å². The van der Waals surface area contributed by atoms with Crippen molar-refractivity contribution >= 4 is 15.9 Å². The summed E-state index contributed by atoms with van der Waals surface area (Å²) in [6.45, 7) is 0. The van der Waals surface area contributed by atoms with Crippen molar-refractivity contribution in [3.05, 3.63) is 47.0 Å². The fourth-order valence-electron chi connectivity index (χ4n) is 2.05. The van der Waals surface area contributed by atoms with Gasteiger partial charge in [0.05, 0.1) is 16.0 Å². The Bertz CT molecular complexity index is 994. The molecule has 0 atom stereocenters. The lowest BCUT2D eigenvalue weighted by atomic mass is 10.2. The molecule has 0 aliphatic heterocycles. The molecule has 2 aromatic rings. The van der Waals surface area contributed by atoms with Crippen LogP contribution in [0.5, 0.6) is 0 Å². The van der Waals surface area contributed by atoms with Crippen LogP contribution >= 0.6 is 0 Å². The summed E-state index contributed by atoms with van der Waals surface area (Å²) in [5.74, 6) is -3.26. The maximum Gasteiger partial charge on any atom is 0.435 e. The maximum absolute atomic E-state index is 13.1. The molecule has 0 spiro atoms. The van der Waals surface area contributed by atoms with Crippen molar-refractivity contribution < 1.29 is 43.9 Å². The fraction of sp³-hybridized carbons (Fsp3) is 0.231. The number of amides is 1. The summed E-state index contributed by atoms with van der Waals surface area (Å²) in [5, 5.41) is 2.98. The highest BCUT2D eigenvalue weighted by Gasteiger charge is 2.41. The first-order chi connectivity index (χ1) is 12.1. The topological polar surface area (TPSA) is 81.1 Å². The fourth-order valence-corrected chi connectivity index (χ4v) is 3.23. The number of aryl methyl sites for hydroxylation is 1. The summed E-state index contributed by atoms with van der Waals surface area (Å²) >= 11 is 0. The molecule has 1 heterocycles. The van der Waals surface area contributed by atoms with Crippen molar-refractivity contribution in [3.8, 4) is 0 Å². The Morgan fingerprint density at radius 1 is 1.11 bits per heavy atom. The minimum Gasteiger partial charge on any atom is -0.274 e. The number of sulfonamides is 1. The minimum atomic E-state index is -5.30. The number of nitrogens with one attached hydrogen (secondary N) is 1. The normalized spacial score (nSPS) is 12.9. The number of carbonyl (C=O) groups excluding carboxylic acids is 1. The van der Waals surface area contributed by atoms with E-state index in [1.165, 1.54) is 0 Å². The second-order valence-electron chi connectivity index (χ2n) is 5.14. The lowest BCUT2D eigenvalue weighted by Gasteiger charge is -2.14. The second kappa shape index (κ2) is 6.51. The van der Waals surface area contributed by atoms with Gasteiger partial charge >= 0.3 is 12.4 Å². The van der Waals surface area contributed by atoms with Gasteiger partial charge in [-0.05, 0) is 18.2 Å². The predicted molar refractivity (Wildman–Crippen MR) is 74.3 cm³/mol. The van der Waals surface area contributed by atoms with Crippen LogP contribution in [0, 0.1) is 5.82 Å². The average Bonchev–Trinajstić information content (AvgIpc) is 2.88. The van der Waals surface area contributed by atoms with Crippen LogP contribution in [0.1, 0.15) is 21.6 Å². The molecular formula is C13H8F7N3O3S. The lowest BCUT2D eigenvalue weighted by molar-refractivity contribution is -0.142. The summed E-state index contributed by atoms with van der Waals surface area (Å²) < 4.78 is 116. The molecule has 1 amide bonds. The van der Waals surface area contributed by atoms with Gasteiger partial charge < -0.3 is 0 Å². The predicted octanol–water partition coefficient (Wildman–Crippen LogP) is 2.72. The number of hydrogen-bond donors (Lipinski definition) is 1. The summed E-state index contributed by atoms with van der Waals surface area (Å²) in [4.78, 5) is 10.4. The third-order valence-corrected chi connectivity index (χ3v) is 4.49. The molecule has 0 saturated carbocycles. The largest absolute Gasteiger partial charge is 0.435 e. The van der Waals surface area contributed by atoms with Crippen molar-refractivity contribution in [1.82, 2.24) is 14.5 Å². The highest BCUT2D eigenvalue weighted by molar-refractivity contribution is 7.90. The first-order valence-corrected chi connectivity index (χ1v) is 8.16. The Morgan fingerprint density at radius 3 is 2.22 bits per heavy atom. The third-order valence-electron chi connectivity index (χ3n) is 3.11. The molecule has 2 rings (SSSR count). The standard InChI is InChI=1S/C13H8F7N3O3S/c1-23-5-7(10(21-23)13(18,19)20)11(24)22-27(25,26)9-3-2-6(14)4-8(9)12(15,16)17/h2-5H,1H3,(H,22,24). The van der Waals surface area contributed by atoms with Gasteiger partial charge in [0.25, 0.3) is 15.9 Å². The quantitative estimate of drug-likeness (QED) is 0.776. The van der Waals surface area contributed by atoms with E-state index in [1.54, 1.807) is 0 Å². The summed E-state index contributed by atoms with van der Waals surface area (Å²) in [7, 11) is -4.27. The molecule has 1 aromatic carbocycles. The lowest BCUT2D eigenvalue weighted by Crippen LogP contribution is -2.33. The van der Waals surface area contributed by atoms with E-state index in [4.69, 9.17) is 0 Å². The van der Waals surface area contributed by atoms with Crippen LogP contribution in [0.15, 0.2) is 29.3 Å². The van der Waals surface area contributed by atoms with Gasteiger partial charge in [-0.15, -0.1) is 0 Å². The first-order valence-electron chi connectivity index (χ1n) is 6.67. The monoisotopic (exact) mass is 419 g/mol. The van der Waals surface area contributed by atoms with Gasteiger partial charge in [-0.2, -0.15) is 31.4 Å². The summed E-state index contributed by atoms with van der Waals surface area (Å²) in [6, 6.07) is 0.505. The number of rotatable bonds is 3. The van der Waals surface area contributed by atoms with E-state index in [0.29, 0.717) is 16.9 Å². The van der Waals surface area contributed by atoms with E-state index < -0.39 is 55.8 Å². The Balaban J connectivity index is 2.49. The summed E-state index contributed by atoms with van der Waals surface area (Å²) in [6.07, 6.45) is -9.88. The van der Waals surface area contributed by atoms with Crippen molar-refractivity contribution in [1.29, 1.82) is 0 Å². The van der Waals surface area contributed by atoms with E-state index in [0.717, 1.165) is 11.8 Å². The molecule has 0 aliphatic rings. The van der Waals surface area contributed by atoms with Crippen LogP contribution in [-0.4, -0.2) is 24.1 Å². The zero-order valence-corrected chi connectivity index (χ0v) is 13.8. The molecule has 27 heavy (non-hydrogen) atoms. The van der Waals surface area contributed by atoms with Crippen molar-refractivity contribution in [2.75, 3.05) is 0 Å². The number of halogens is 7. The van der Waals surface area contributed by atoms with E-state index in [1.807, 2.05) is 0 Å².